The molecule has 2 saturated heterocycles. The average molecular weight is 615 g/mol. The van der Waals surface area contributed by atoms with Crippen molar-refractivity contribution in [3.05, 3.63) is 31.9 Å². The lowest BCUT2D eigenvalue weighted by Gasteiger charge is -2.35. The van der Waals surface area contributed by atoms with Gasteiger partial charge in [0.1, 0.15) is 21.8 Å². The van der Waals surface area contributed by atoms with Crippen molar-refractivity contribution >= 4 is 52.1 Å². The molecule has 0 bridgehead atoms. The van der Waals surface area contributed by atoms with Gasteiger partial charge in [0.15, 0.2) is 0 Å². The number of nitrogens with zero attached hydrogens (tertiary/aromatic N) is 4. The fourth-order valence-electron chi connectivity index (χ4n) is 5.66. The van der Waals surface area contributed by atoms with Crippen LogP contribution in [0.4, 0.5) is 5.82 Å². The minimum Gasteiger partial charge on any atom is -0.481 e. The van der Waals surface area contributed by atoms with Crippen LogP contribution < -0.4 is 10.5 Å². The quantitative estimate of drug-likeness (QED) is 0.122. The average Bonchev–Trinajstić information content (AvgIpc) is 3.22. The number of carboxylic acid groups (broad SMARTS) is 1. The predicted octanol–water partition coefficient (Wildman–Crippen LogP) is 6.86. The van der Waals surface area contributed by atoms with Crippen molar-refractivity contribution in [1.29, 1.82) is 5.26 Å². The molecule has 3 heterocycles. The fraction of sp³-hybridized carbons (Fsp3) is 0.656. The normalized spacial score (nSPS) is 17.0. The molecule has 1 aromatic heterocycles. The van der Waals surface area contributed by atoms with Crippen LogP contribution in [0, 0.1) is 24.2 Å². The Morgan fingerprint density at radius 3 is 2.26 bits per heavy atom. The molecule has 230 valence electrons. The smallest absolute Gasteiger partial charge is 0.303 e. The Morgan fingerprint density at radius 2 is 1.67 bits per heavy atom. The van der Waals surface area contributed by atoms with Gasteiger partial charge >= 0.3 is 5.97 Å². The SMILES string of the molecule is CCCCn1c(N2CCC(C)CC2)c(/C=C2/SC(=S)N(CCCCCCCCCCC(=O)O)C2=O)c(C)c(C#N)c1=O. The number of thioether (sulfide) groups is 1. The van der Waals surface area contributed by atoms with E-state index in [-0.39, 0.29) is 23.5 Å². The minimum absolute atomic E-state index is 0.106. The van der Waals surface area contributed by atoms with E-state index in [0.29, 0.717) is 33.8 Å². The number of nitriles is 1. The molecule has 2 fully saturated rings. The lowest BCUT2D eigenvalue weighted by molar-refractivity contribution is -0.137. The minimum atomic E-state index is -0.726. The zero-order valence-corrected chi connectivity index (χ0v) is 27.1. The summed E-state index contributed by atoms with van der Waals surface area (Å²) in [4.78, 5) is 42.1. The van der Waals surface area contributed by atoms with Crippen molar-refractivity contribution in [1.82, 2.24) is 9.47 Å². The van der Waals surface area contributed by atoms with Crippen LogP contribution in [-0.4, -0.2) is 50.4 Å². The van der Waals surface area contributed by atoms with Gasteiger partial charge in [0, 0.05) is 38.2 Å². The van der Waals surface area contributed by atoms with Gasteiger partial charge in [-0.1, -0.05) is 82.8 Å². The molecule has 2 aliphatic rings. The van der Waals surface area contributed by atoms with E-state index < -0.39 is 5.97 Å². The molecule has 2 aliphatic heterocycles. The predicted molar refractivity (Wildman–Crippen MR) is 175 cm³/mol. The molecule has 1 amide bonds. The number of hydrogen-bond donors (Lipinski definition) is 1. The van der Waals surface area contributed by atoms with Crippen molar-refractivity contribution in [2.24, 2.45) is 5.92 Å². The first-order valence-corrected chi connectivity index (χ1v) is 16.8. The molecule has 1 aromatic rings. The van der Waals surface area contributed by atoms with Gasteiger partial charge in [0.2, 0.25) is 0 Å². The van der Waals surface area contributed by atoms with Crippen molar-refractivity contribution in [3.8, 4) is 6.07 Å². The number of aliphatic carboxylic acids is 1. The highest BCUT2D eigenvalue weighted by Gasteiger charge is 2.33. The number of carbonyl (C=O) groups excluding carboxylic acids is 1. The Labute approximate surface area is 260 Å². The third-order valence-electron chi connectivity index (χ3n) is 8.34. The fourth-order valence-corrected chi connectivity index (χ4v) is 6.95. The number of pyridine rings is 1. The highest BCUT2D eigenvalue weighted by atomic mass is 32.2. The van der Waals surface area contributed by atoms with Crippen LogP contribution in [0.2, 0.25) is 0 Å². The van der Waals surface area contributed by atoms with Gasteiger partial charge in [0.25, 0.3) is 11.5 Å². The van der Waals surface area contributed by atoms with E-state index in [0.717, 1.165) is 102 Å². The summed E-state index contributed by atoms with van der Waals surface area (Å²) < 4.78 is 2.32. The van der Waals surface area contributed by atoms with E-state index in [1.54, 1.807) is 9.47 Å². The van der Waals surface area contributed by atoms with Gasteiger partial charge in [-0.05, 0) is 56.6 Å². The highest BCUT2D eigenvalue weighted by molar-refractivity contribution is 8.26. The number of aromatic nitrogens is 1. The number of piperidine rings is 1. The van der Waals surface area contributed by atoms with Crippen molar-refractivity contribution in [3.63, 3.8) is 0 Å². The molecule has 0 atom stereocenters. The lowest BCUT2D eigenvalue weighted by atomic mass is 9.97. The maximum atomic E-state index is 13.5. The molecular formula is C32H46N4O4S2. The van der Waals surface area contributed by atoms with Crippen LogP contribution in [-0.2, 0) is 16.1 Å². The largest absolute Gasteiger partial charge is 0.481 e. The molecule has 10 heteroatoms. The van der Waals surface area contributed by atoms with E-state index in [1.807, 2.05) is 13.0 Å². The number of hydrogen-bond acceptors (Lipinski definition) is 7. The molecule has 0 saturated carbocycles. The van der Waals surface area contributed by atoms with Crippen molar-refractivity contribution in [2.75, 3.05) is 24.5 Å². The van der Waals surface area contributed by atoms with E-state index in [9.17, 15) is 19.6 Å². The third-order valence-corrected chi connectivity index (χ3v) is 9.71. The van der Waals surface area contributed by atoms with Crippen LogP contribution in [0.3, 0.4) is 0 Å². The van der Waals surface area contributed by atoms with Gasteiger partial charge in [-0.3, -0.25) is 23.9 Å². The zero-order valence-electron chi connectivity index (χ0n) is 25.5. The third kappa shape index (κ3) is 8.93. The molecule has 42 heavy (non-hydrogen) atoms. The lowest BCUT2D eigenvalue weighted by Crippen LogP contribution is -2.39. The molecule has 0 aromatic carbocycles. The van der Waals surface area contributed by atoms with Crippen LogP contribution >= 0.6 is 24.0 Å². The summed E-state index contributed by atoms with van der Waals surface area (Å²) >= 11 is 6.92. The summed E-state index contributed by atoms with van der Waals surface area (Å²) in [5, 5.41) is 18.6. The van der Waals surface area contributed by atoms with E-state index >= 15 is 0 Å². The zero-order chi connectivity index (χ0) is 30.6. The van der Waals surface area contributed by atoms with E-state index in [4.69, 9.17) is 17.3 Å². The number of amides is 1. The molecule has 0 aliphatic carbocycles. The van der Waals surface area contributed by atoms with Crippen LogP contribution in [0.25, 0.3) is 6.08 Å². The second-order valence-corrected chi connectivity index (χ2v) is 13.3. The molecule has 0 radical (unpaired) electrons. The van der Waals surface area contributed by atoms with Gasteiger partial charge in [-0.15, -0.1) is 0 Å². The standard InChI is InChI=1S/C32H46N4O4S2/c1-4-5-17-35-29(34-19-15-23(2)16-20-34)25(24(3)26(22-33)30(35)39)21-27-31(40)36(32(41)42-27)18-13-11-9-7-6-8-10-12-14-28(37)38/h21,23H,4-20H2,1-3H3,(H,37,38)/b27-21+. The first-order chi connectivity index (χ1) is 20.2. The van der Waals surface area contributed by atoms with Gasteiger partial charge in [-0.2, -0.15) is 5.26 Å². The summed E-state index contributed by atoms with van der Waals surface area (Å²) in [7, 11) is 0. The van der Waals surface area contributed by atoms with Gasteiger partial charge < -0.3 is 10.0 Å². The summed E-state index contributed by atoms with van der Waals surface area (Å²) in [5.41, 5.74) is 1.30. The number of unbranched alkanes of at least 4 members (excludes halogenated alkanes) is 8. The summed E-state index contributed by atoms with van der Waals surface area (Å²) in [6.45, 7) is 8.95. The monoisotopic (exact) mass is 614 g/mol. The number of carboxylic acids is 1. The van der Waals surface area contributed by atoms with Crippen LogP contribution in [0.15, 0.2) is 9.70 Å². The van der Waals surface area contributed by atoms with Crippen molar-refractivity contribution in [2.45, 2.75) is 111 Å². The molecule has 3 rings (SSSR count). The highest BCUT2D eigenvalue weighted by Crippen LogP contribution is 2.37. The Hall–Kier alpha value is -2.64. The topological polar surface area (TPSA) is 107 Å². The summed E-state index contributed by atoms with van der Waals surface area (Å²) in [5.74, 6) is 0.617. The number of anilines is 1. The molecule has 1 N–H and O–H groups in total. The van der Waals surface area contributed by atoms with Gasteiger partial charge in [-0.25, -0.2) is 0 Å². The maximum Gasteiger partial charge on any atom is 0.303 e. The first-order valence-electron chi connectivity index (χ1n) is 15.6. The Morgan fingerprint density at radius 1 is 1.05 bits per heavy atom. The van der Waals surface area contributed by atoms with E-state index in [2.05, 4.69) is 24.8 Å². The molecule has 8 nitrogen and oxygen atoms in total. The second-order valence-electron chi connectivity index (χ2n) is 11.6. The van der Waals surface area contributed by atoms with Crippen molar-refractivity contribution < 1.29 is 14.7 Å². The Bertz CT molecular complexity index is 1260. The van der Waals surface area contributed by atoms with Crippen LogP contribution in [0.5, 0.6) is 0 Å². The molecular weight excluding hydrogens is 569 g/mol. The summed E-state index contributed by atoms with van der Waals surface area (Å²) in [6, 6.07) is 2.14. The second kappa shape index (κ2) is 16.9. The molecule has 0 unspecified atom stereocenters. The number of thiocarbonyl (C=S) groups is 1. The van der Waals surface area contributed by atoms with E-state index in [1.165, 1.54) is 11.8 Å². The maximum absolute atomic E-state index is 13.5. The summed E-state index contributed by atoms with van der Waals surface area (Å²) in [6.07, 6.45) is 13.9. The Balaban J connectivity index is 1.74. The number of carbonyl (C=O) groups is 2. The van der Waals surface area contributed by atoms with Crippen LogP contribution in [0.1, 0.15) is 114 Å². The Kier molecular flexibility index (Phi) is 13.6. The number of rotatable bonds is 16. The molecule has 0 spiro atoms. The first kappa shape index (κ1) is 33.9. The van der Waals surface area contributed by atoms with Gasteiger partial charge in [0.05, 0.1) is 4.91 Å².